The predicted octanol–water partition coefficient (Wildman–Crippen LogP) is 0.688. The molecule has 0 bridgehead atoms. The van der Waals surface area contributed by atoms with E-state index in [0.29, 0.717) is 12.4 Å². The Morgan fingerprint density at radius 3 is 2.85 bits per heavy atom. The first kappa shape index (κ1) is 10.1. The molecule has 1 aromatic heterocycles. The van der Waals surface area contributed by atoms with Crippen LogP contribution in [-0.2, 0) is 6.54 Å². The molecule has 6 heteroatoms. The maximum absolute atomic E-state index is 10.5. The van der Waals surface area contributed by atoms with Crippen LogP contribution in [0.15, 0.2) is 0 Å². The van der Waals surface area contributed by atoms with Crippen molar-refractivity contribution in [3.05, 3.63) is 10.8 Å². The van der Waals surface area contributed by atoms with Crippen molar-refractivity contribution in [2.45, 2.75) is 13.5 Å². The molecule has 1 heterocycles. The first-order valence-electron chi connectivity index (χ1n) is 3.88. The van der Waals surface area contributed by atoms with Crippen LogP contribution in [0.1, 0.15) is 22.6 Å². The number of carbonyl (C=O) groups is 1. The molecule has 0 amide bonds. The fraction of sp³-hybridized carbons (Fsp3) is 0.571. The Hall–Kier alpha value is -1.01. The second kappa shape index (κ2) is 4.29. The summed E-state index contributed by atoms with van der Waals surface area (Å²) < 4.78 is 3.93. The largest absolute Gasteiger partial charge is 0.476 e. The number of aromatic carboxylic acids is 1. The molecule has 0 radical (unpaired) electrons. The van der Waals surface area contributed by atoms with Crippen molar-refractivity contribution in [1.29, 1.82) is 0 Å². The molecule has 13 heavy (non-hydrogen) atoms. The normalized spacial score (nSPS) is 10.7. The highest BCUT2D eigenvalue weighted by Crippen LogP contribution is 2.05. The van der Waals surface area contributed by atoms with Gasteiger partial charge in [0.1, 0.15) is 0 Å². The van der Waals surface area contributed by atoms with Gasteiger partial charge in [-0.2, -0.15) is 4.37 Å². The van der Waals surface area contributed by atoms with Gasteiger partial charge in [-0.25, -0.2) is 9.78 Å². The number of aromatic nitrogens is 2. The number of rotatable bonds is 4. The first-order valence-corrected chi connectivity index (χ1v) is 4.65. The lowest BCUT2D eigenvalue weighted by atomic mass is 10.5. The minimum Gasteiger partial charge on any atom is -0.476 e. The van der Waals surface area contributed by atoms with Crippen LogP contribution >= 0.6 is 11.5 Å². The van der Waals surface area contributed by atoms with E-state index in [1.807, 2.05) is 18.9 Å². The van der Waals surface area contributed by atoms with Crippen molar-refractivity contribution >= 4 is 17.5 Å². The summed E-state index contributed by atoms with van der Waals surface area (Å²) in [6.07, 6.45) is 0. The Balaban J connectivity index is 2.64. The van der Waals surface area contributed by atoms with Gasteiger partial charge < -0.3 is 5.11 Å². The maximum Gasteiger partial charge on any atom is 0.366 e. The fourth-order valence-electron chi connectivity index (χ4n) is 0.758. The van der Waals surface area contributed by atoms with Crippen molar-refractivity contribution in [3.63, 3.8) is 0 Å². The van der Waals surface area contributed by atoms with E-state index >= 15 is 0 Å². The van der Waals surface area contributed by atoms with Crippen LogP contribution in [0.4, 0.5) is 0 Å². The number of carboxylic acid groups (broad SMARTS) is 1. The third-order valence-corrected chi connectivity index (χ3v) is 2.34. The van der Waals surface area contributed by atoms with Gasteiger partial charge >= 0.3 is 5.97 Å². The lowest BCUT2D eigenvalue weighted by molar-refractivity contribution is 0.0696. The van der Waals surface area contributed by atoms with Gasteiger partial charge in [-0.1, -0.05) is 6.92 Å². The molecule has 1 N–H and O–H groups in total. The molecule has 0 unspecified atom stereocenters. The molecular formula is C7H11N3O2S. The number of carboxylic acids is 1. The van der Waals surface area contributed by atoms with Gasteiger partial charge in [-0.3, -0.25) is 4.90 Å². The van der Waals surface area contributed by atoms with E-state index in [1.54, 1.807) is 0 Å². The molecule has 0 saturated heterocycles. The zero-order valence-electron chi connectivity index (χ0n) is 7.52. The van der Waals surface area contributed by atoms with Crippen molar-refractivity contribution in [3.8, 4) is 0 Å². The number of hydrogen-bond acceptors (Lipinski definition) is 5. The van der Waals surface area contributed by atoms with Crippen LogP contribution in [-0.4, -0.2) is 38.9 Å². The van der Waals surface area contributed by atoms with Crippen LogP contribution in [0.3, 0.4) is 0 Å². The highest BCUT2D eigenvalue weighted by molar-refractivity contribution is 7.07. The summed E-state index contributed by atoms with van der Waals surface area (Å²) in [6, 6.07) is 0. The molecule has 0 aromatic carbocycles. The Morgan fingerprint density at radius 2 is 2.38 bits per heavy atom. The number of hydrogen-bond donors (Lipinski definition) is 1. The second-order valence-corrected chi connectivity index (χ2v) is 3.40. The Morgan fingerprint density at radius 1 is 1.69 bits per heavy atom. The van der Waals surface area contributed by atoms with Crippen LogP contribution in [0.2, 0.25) is 0 Å². The molecule has 1 aromatic rings. The zero-order chi connectivity index (χ0) is 9.84. The quantitative estimate of drug-likeness (QED) is 0.776. The summed E-state index contributed by atoms with van der Waals surface area (Å²) >= 11 is 0.923. The predicted molar refractivity (Wildman–Crippen MR) is 48.9 cm³/mol. The van der Waals surface area contributed by atoms with Gasteiger partial charge in [-0.15, -0.1) is 0 Å². The third-order valence-electron chi connectivity index (χ3n) is 1.60. The molecule has 0 spiro atoms. The summed E-state index contributed by atoms with van der Waals surface area (Å²) in [5.74, 6) is -0.436. The topological polar surface area (TPSA) is 66.3 Å². The summed E-state index contributed by atoms with van der Waals surface area (Å²) in [5.41, 5.74) is 0. The third kappa shape index (κ3) is 2.74. The fourth-order valence-corrected chi connectivity index (χ4v) is 1.27. The van der Waals surface area contributed by atoms with Crippen LogP contribution < -0.4 is 0 Å². The monoisotopic (exact) mass is 201 g/mol. The maximum atomic E-state index is 10.5. The molecule has 1 rings (SSSR count). The molecule has 0 aliphatic heterocycles. The molecule has 0 atom stereocenters. The molecule has 5 nitrogen and oxygen atoms in total. The molecular weight excluding hydrogens is 190 g/mol. The van der Waals surface area contributed by atoms with Crippen LogP contribution in [0.25, 0.3) is 0 Å². The zero-order valence-corrected chi connectivity index (χ0v) is 8.34. The molecule has 0 aliphatic carbocycles. The average Bonchev–Trinajstić information content (AvgIpc) is 2.52. The van der Waals surface area contributed by atoms with Gasteiger partial charge in [0.2, 0.25) is 5.01 Å². The SMILES string of the molecule is CCN(C)Cc1nsc(C(=O)O)n1. The van der Waals surface area contributed by atoms with Crippen molar-refractivity contribution < 1.29 is 9.90 Å². The van der Waals surface area contributed by atoms with E-state index in [0.717, 1.165) is 18.1 Å². The Labute approximate surface area is 80.2 Å². The van der Waals surface area contributed by atoms with E-state index < -0.39 is 5.97 Å². The minimum absolute atomic E-state index is 0.0551. The van der Waals surface area contributed by atoms with Crippen molar-refractivity contribution in [2.24, 2.45) is 0 Å². The van der Waals surface area contributed by atoms with Crippen LogP contribution in [0, 0.1) is 0 Å². The highest BCUT2D eigenvalue weighted by Gasteiger charge is 2.11. The smallest absolute Gasteiger partial charge is 0.366 e. The number of nitrogens with zero attached hydrogens (tertiary/aromatic N) is 3. The minimum atomic E-state index is -1.01. The average molecular weight is 201 g/mol. The van der Waals surface area contributed by atoms with Gasteiger partial charge in [0.25, 0.3) is 0 Å². The van der Waals surface area contributed by atoms with Gasteiger partial charge in [-0.05, 0) is 25.1 Å². The van der Waals surface area contributed by atoms with Crippen molar-refractivity contribution in [2.75, 3.05) is 13.6 Å². The summed E-state index contributed by atoms with van der Waals surface area (Å²) in [6.45, 7) is 3.51. The van der Waals surface area contributed by atoms with E-state index in [-0.39, 0.29) is 5.01 Å². The van der Waals surface area contributed by atoms with Gasteiger partial charge in [0, 0.05) is 0 Å². The van der Waals surface area contributed by atoms with Gasteiger partial charge in [0.15, 0.2) is 5.82 Å². The standard InChI is InChI=1S/C7H11N3O2S/c1-3-10(2)4-5-8-6(7(11)12)13-9-5/h3-4H2,1-2H3,(H,11,12). The van der Waals surface area contributed by atoms with E-state index in [1.165, 1.54) is 0 Å². The molecule has 0 fully saturated rings. The summed E-state index contributed by atoms with van der Waals surface area (Å²) in [4.78, 5) is 16.3. The van der Waals surface area contributed by atoms with E-state index in [9.17, 15) is 4.79 Å². The molecule has 0 saturated carbocycles. The van der Waals surface area contributed by atoms with E-state index in [2.05, 4.69) is 9.36 Å². The lowest BCUT2D eigenvalue weighted by Crippen LogP contribution is -2.17. The van der Waals surface area contributed by atoms with Crippen molar-refractivity contribution in [1.82, 2.24) is 14.3 Å². The Bertz CT molecular complexity index is 300. The molecule has 0 aliphatic rings. The van der Waals surface area contributed by atoms with Crippen LogP contribution in [0.5, 0.6) is 0 Å². The Kier molecular flexibility index (Phi) is 3.32. The summed E-state index contributed by atoms with van der Waals surface area (Å²) in [5, 5.41) is 8.64. The molecule has 72 valence electrons. The highest BCUT2D eigenvalue weighted by atomic mass is 32.1. The van der Waals surface area contributed by atoms with E-state index in [4.69, 9.17) is 5.11 Å². The lowest BCUT2D eigenvalue weighted by Gasteiger charge is -2.09. The second-order valence-electron chi connectivity index (χ2n) is 2.65. The first-order chi connectivity index (χ1) is 6.13. The van der Waals surface area contributed by atoms with Gasteiger partial charge in [0.05, 0.1) is 6.54 Å². The summed E-state index contributed by atoms with van der Waals surface area (Å²) in [7, 11) is 1.93.